The fourth-order valence-corrected chi connectivity index (χ4v) is 5.31. The number of benzene rings is 1. The fourth-order valence-electron chi connectivity index (χ4n) is 3.75. The van der Waals surface area contributed by atoms with E-state index in [1.54, 1.807) is 7.11 Å². The third-order valence-corrected chi connectivity index (χ3v) is 7.25. The SMILES string of the molecule is CCC1Nc2c(sc3nc(C)c(Br)c(COC)c23)C(=O)N1c1ccccc1C. The smallest absolute Gasteiger partial charge is 0.272 e. The van der Waals surface area contributed by atoms with Crippen LogP contribution in [0.4, 0.5) is 11.4 Å². The molecule has 4 rings (SSSR count). The predicted molar refractivity (Wildman–Crippen MR) is 118 cm³/mol. The van der Waals surface area contributed by atoms with E-state index in [0.717, 1.165) is 49.3 Å². The van der Waals surface area contributed by atoms with E-state index >= 15 is 0 Å². The number of halogens is 1. The van der Waals surface area contributed by atoms with Crippen LogP contribution in [0.5, 0.6) is 0 Å². The Morgan fingerprint density at radius 2 is 2.07 bits per heavy atom. The molecule has 1 aliphatic heterocycles. The Kier molecular flexibility index (Phi) is 5.16. The molecule has 1 N–H and O–H groups in total. The van der Waals surface area contributed by atoms with Crippen LogP contribution in [-0.4, -0.2) is 24.2 Å². The van der Waals surface area contributed by atoms with Crippen LogP contribution >= 0.6 is 27.3 Å². The van der Waals surface area contributed by atoms with Gasteiger partial charge in [-0.25, -0.2) is 4.98 Å². The van der Waals surface area contributed by atoms with Gasteiger partial charge < -0.3 is 10.1 Å². The van der Waals surface area contributed by atoms with E-state index in [-0.39, 0.29) is 12.1 Å². The van der Waals surface area contributed by atoms with Gasteiger partial charge in [0.2, 0.25) is 0 Å². The second kappa shape index (κ2) is 7.46. The van der Waals surface area contributed by atoms with Crippen molar-refractivity contribution in [2.45, 2.75) is 40.0 Å². The molecule has 0 aliphatic carbocycles. The summed E-state index contributed by atoms with van der Waals surface area (Å²) in [6.07, 6.45) is 0.672. The largest absolute Gasteiger partial charge is 0.380 e. The molecule has 1 aliphatic rings. The topological polar surface area (TPSA) is 54.5 Å². The van der Waals surface area contributed by atoms with Crippen LogP contribution in [0.15, 0.2) is 28.7 Å². The maximum Gasteiger partial charge on any atom is 0.272 e. The van der Waals surface area contributed by atoms with Crippen molar-refractivity contribution in [2.24, 2.45) is 0 Å². The second-order valence-corrected chi connectivity index (χ2v) is 8.73. The van der Waals surface area contributed by atoms with Gasteiger partial charge in [-0.2, -0.15) is 0 Å². The minimum Gasteiger partial charge on any atom is -0.380 e. The molecule has 1 amide bonds. The van der Waals surface area contributed by atoms with E-state index in [1.165, 1.54) is 11.3 Å². The summed E-state index contributed by atoms with van der Waals surface area (Å²) in [5, 5.41) is 4.60. The highest BCUT2D eigenvalue weighted by molar-refractivity contribution is 9.10. The van der Waals surface area contributed by atoms with Gasteiger partial charge in [-0.3, -0.25) is 9.69 Å². The summed E-state index contributed by atoms with van der Waals surface area (Å²) in [6, 6.07) is 8.01. The highest BCUT2D eigenvalue weighted by Gasteiger charge is 2.36. The van der Waals surface area contributed by atoms with Gasteiger partial charge in [0.1, 0.15) is 15.9 Å². The first kappa shape index (κ1) is 19.4. The van der Waals surface area contributed by atoms with Crippen molar-refractivity contribution in [3.63, 3.8) is 0 Å². The van der Waals surface area contributed by atoms with E-state index in [1.807, 2.05) is 43.0 Å². The normalized spacial score (nSPS) is 16.4. The predicted octanol–water partition coefficient (Wildman–Crippen LogP) is 5.63. The average molecular weight is 460 g/mol. The standard InChI is InChI=1S/C21H22BrN3O2S/c1-5-15-24-18-16-13(10-27-4)17(22)12(3)23-20(16)28-19(18)21(26)25(15)14-9-7-6-8-11(14)2/h6-9,15,24H,5,10H2,1-4H3. The Balaban J connectivity index is 1.94. The van der Waals surface area contributed by atoms with E-state index in [2.05, 4.69) is 28.2 Å². The zero-order valence-corrected chi connectivity index (χ0v) is 18.7. The summed E-state index contributed by atoms with van der Waals surface area (Å²) in [7, 11) is 1.68. The number of para-hydroxylation sites is 1. The van der Waals surface area contributed by atoms with Crippen LogP contribution in [0.2, 0.25) is 0 Å². The first-order chi connectivity index (χ1) is 13.5. The molecule has 0 saturated heterocycles. The number of nitrogens with zero attached hydrogens (tertiary/aromatic N) is 2. The molecule has 146 valence electrons. The molecule has 0 bridgehead atoms. The molecule has 0 radical (unpaired) electrons. The number of thiophene rings is 1. The van der Waals surface area contributed by atoms with Gasteiger partial charge in [0, 0.05) is 28.2 Å². The Hall–Kier alpha value is -1.96. The first-order valence-corrected chi connectivity index (χ1v) is 10.8. The molecule has 0 saturated carbocycles. The van der Waals surface area contributed by atoms with E-state index in [9.17, 15) is 4.79 Å². The summed E-state index contributed by atoms with van der Waals surface area (Å²) in [4.78, 5) is 21.7. The van der Waals surface area contributed by atoms with E-state index in [4.69, 9.17) is 9.72 Å². The lowest BCUT2D eigenvalue weighted by atomic mass is 10.1. The molecule has 1 unspecified atom stereocenters. The van der Waals surface area contributed by atoms with Gasteiger partial charge in [0.05, 0.1) is 18.0 Å². The van der Waals surface area contributed by atoms with Crippen LogP contribution < -0.4 is 10.2 Å². The van der Waals surface area contributed by atoms with Crippen molar-refractivity contribution in [3.05, 3.63) is 50.4 Å². The number of nitrogens with one attached hydrogen (secondary N) is 1. The molecule has 28 heavy (non-hydrogen) atoms. The lowest BCUT2D eigenvalue weighted by Crippen LogP contribution is -2.48. The highest BCUT2D eigenvalue weighted by Crippen LogP contribution is 2.45. The fraction of sp³-hybridized carbons (Fsp3) is 0.333. The molecule has 0 fully saturated rings. The number of anilines is 2. The molecule has 3 aromatic rings. The molecular weight excluding hydrogens is 438 g/mol. The van der Waals surface area contributed by atoms with Gasteiger partial charge in [-0.1, -0.05) is 25.1 Å². The van der Waals surface area contributed by atoms with Gasteiger partial charge in [0.25, 0.3) is 5.91 Å². The average Bonchev–Trinajstić information content (AvgIpc) is 3.04. The molecule has 1 aromatic carbocycles. The number of pyridine rings is 1. The molecule has 1 atom stereocenters. The summed E-state index contributed by atoms with van der Waals surface area (Å²) in [6.45, 7) is 6.54. The monoisotopic (exact) mass is 459 g/mol. The van der Waals surface area contributed by atoms with Crippen LogP contribution in [0.3, 0.4) is 0 Å². The van der Waals surface area contributed by atoms with Gasteiger partial charge in [-0.05, 0) is 47.8 Å². The number of ether oxygens (including phenoxy) is 1. The lowest BCUT2D eigenvalue weighted by molar-refractivity contribution is 0.0978. The maximum absolute atomic E-state index is 13.6. The third kappa shape index (κ3) is 2.93. The minimum absolute atomic E-state index is 0.0232. The van der Waals surface area contributed by atoms with Crippen molar-refractivity contribution >= 4 is 54.8 Å². The van der Waals surface area contributed by atoms with Crippen LogP contribution in [-0.2, 0) is 11.3 Å². The van der Waals surface area contributed by atoms with Gasteiger partial charge in [0.15, 0.2) is 0 Å². The number of aryl methyl sites for hydroxylation is 2. The third-order valence-electron chi connectivity index (χ3n) is 5.13. The van der Waals surface area contributed by atoms with Gasteiger partial charge >= 0.3 is 0 Å². The van der Waals surface area contributed by atoms with Crippen LogP contribution in [0.25, 0.3) is 10.2 Å². The Labute approximate surface area is 176 Å². The van der Waals surface area contributed by atoms with Crippen molar-refractivity contribution in [2.75, 3.05) is 17.3 Å². The molecule has 0 spiro atoms. The van der Waals surface area contributed by atoms with Crippen molar-refractivity contribution in [1.82, 2.24) is 4.98 Å². The summed E-state index contributed by atoms with van der Waals surface area (Å²) >= 11 is 5.11. The maximum atomic E-state index is 13.6. The number of fused-ring (bicyclic) bond motifs is 3. The van der Waals surface area contributed by atoms with Crippen molar-refractivity contribution < 1.29 is 9.53 Å². The second-order valence-electron chi connectivity index (χ2n) is 6.94. The van der Waals surface area contributed by atoms with Gasteiger partial charge in [-0.15, -0.1) is 11.3 Å². The molecular formula is C21H22BrN3O2S. The lowest BCUT2D eigenvalue weighted by Gasteiger charge is -2.37. The number of rotatable bonds is 4. The number of hydrogen-bond acceptors (Lipinski definition) is 5. The van der Waals surface area contributed by atoms with E-state index in [0.29, 0.717) is 11.5 Å². The molecule has 5 nitrogen and oxygen atoms in total. The zero-order valence-electron chi connectivity index (χ0n) is 16.3. The van der Waals surface area contributed by atoms with E-state index < -0.39 is 0 Å². The Bertz CT molecular complexity index is 1080. The Morgan fingerprint density at radius 3 is 2.75 bits per heavy atom. The first-order valence-electron chi connectivity index (χ1n) is 9.24. The molecule has 2 aromatic heterocycles. The van der Waals surface area contributed by atoms with Crippen molar-refractivity contribution in [1.29, 1.82) is 0 Å². The summed E-state index contributed by atoms with van der Waals surface area (Å²) < 4.78 is 6.38. The number of hydrogen-bond donors (Lipinski definition) is 1. The Morgan fingerprint density at radius 1 is 1.32 bits per heavy atom. The van der Waals surface area contributed by atoms with Crippen LogP contribution in [0, 0.1) is 13.8 Å². The zero-order chi connectivity index (χ0) is 20.0. The number of carbonyl (C=O) groups is 1. The minimum atomic E-state index is -0.116. The quantitative estimate of drug-likeness (QED) is 0.548. The molecule has 3 heterocycles. The number of methoxy groups -OCH3 is 1. The van der Waals surface area contributed by atoms with Crippen LogP contribution in [0.1, 0.15) is 39.8 Å². The summed E-state index contributed by atoms with van der Waals surface area (Å²) in [5.41, 5.74) is 4.83. The molecule has 7 heteroatoms. The number of carbonyl (C=O) groups excluding carboxylic acids is 1. The van der Waals surface area contributed by atoms with Crippen molar-refractivity contribution in [3.8, 4) is 0 Å². The summed E-state index contributed by atoms with van der Waals surface area (Å²) in [5.74, 6) is 0.0232. The highest BCUT2D eigenvalue weighted by atomic mass is 79.9. The number of amides is 1. The number of aromatic nitrogens is 1.